The summed E-state index contributed by atoms with van der Waals surface area (Å²) in [5.41, 5.74) is 1.84. The molecular weight excluding hydrogens is 325 g/mol. The molecule has 1 aromatic carbocycles. The Morgan fingerprint density at radius 3 is 2.42 bits per heavy atom. The van der Waals surface area contributed by atoms with E-state index in [1.54, 1.807) is 42.1 Å². The Morgan fingerprint density at radius 2 is 1.71 bits per heavy atom. The number of halogens is 1. The van der Waals surface area contributed by atoms with Crippen molar-refractivity contribution in [2.24, 2.45) is 0 Å². The number of hydrogen-bond acceptors (Lipinski definition) is 6. The van der Waals surface area contributed by atoms with E-state index in [9.17, 15) is 4.39 Å². The first-order valence-electron chi connectivity index (χ1n) is 7.77. The lowest BCUT2D eigenvalue weighted by atomic mass is 10.2. The summed E-state index contributed by atoms with van der Waals surface area (Å²) in [5.74, 6) is 0.692. The van der Waals surface area contributed by atoms with E-state index in [4.69, 9.17) is 4.98 Å². The van der Waals surface area contributed by atoms with Crippen LogP contribution in [0.15, 0.2) is 48.2 Å². The Bertz CT molecular complexity index is 797. The van der Waals surface area contributed by atoms with E-state index in [0.717, 1.165) is 48.4 Å². The van der Waals surface area contributed by atoms with Gasteiger partial charge in [-0.05, 0) is 24.3 Å². The molecule has 0 unspecified atom stereocenters. The average Bonchev–Trinajstić information content (AvgIpc) is 3.13. The zero-order valence-electron chi connectivity index (χ0n) is 13.0. The molecule has 0 aliphatic carbocycles. The number of hydrogen-bond donors (Lipinski definition) is 0. The molecule has 5 nitrogen and oxygen atoms in total. The van der Waals surface area contributed by atoms with E-state index in [-0.39, 0.29) is 5.82 Å². The molecule has 7 heteroatoms. The molecule has 0 bridgehead atoms. The van der Waals surface area contributed by atoms with Gasteiger partial charge in [0.05, 0.1) is 11.9 Å². The molecule has 122 valence electrons. The van der Waals surface area contributed by atoms with Crippen molar-refractivity contribution in [3.05, 3.63) is 54.1 Å². The molecule has 0 N–H and O–H groups in total. The number of benzene rings is 1. The summed E-state index contributed by atoms with van der Waals surface area (Å²) in [6, 6.07) is 6.46. The summed E-state index contributed by atoms with van der Waals surface area (Å²) in [4.78, 5) is 17.7. The van der Waals surface area contributed by atoms with Gasteiger partial charge in [-0.25, -0.2) is 14.4 Å². The summed E-state index contributed by atoms with van der Waals surface area (Å²) < 4.78 is 13.0. The summed E-state index contributed by atoms with van der Waals surface area (Å²) in [6.07, 6.45) is 5.20. The third-order valence-electron chi connectivity index (χ3n) is 4.06. The van der Waals surface area contributed by atoms with Crippen molar-refractivity contribution in [2.75, 3.05) is 36.0 Å². The van der Waals surface area contributed by atoms with Crippen LogP contribution in [0, 0.1) is 5.82 Å². The molecule has 3 heterocycles. The predicted molar refractivity (Wildman–Crippen MR) is 94.0 cm³/mol. The number of nitrogens with zero attached hydrogens (tertiary/aromatic N) is 5. The lowest BCUT2D eigenvalue weighted by molar-refractivity contribution is 0.628. The fourth-order valence-corrected chi connectivity index (χ4v) is 3.63. The van der Waals surface area contributed by atoms with Crippen LogP contribution in [0.4, 0.5) is 15.3 Å². The number of rotatable bonds is 3. The quantitative estimate of drug-likeness (QED) is 0.733. The van der Waals surface area contributed by atoms with Crippen LogP contribution >= 0.6 is 11.3 Å². The van der Waals surface area contributed by atoms with Crippen LogP contribution in [0.25, 0.3) is 11.3 Å². The Kier molecular flexibility index (Phi) is 4.08. The molecule has 0 amide bonds. The van der Waals surface area contributed by atoms with Crippen LogP contribution in [0.5, 0.6) is 0 Å². The first-order valence-corrected chi connectivity index (χ1v) is 8.65. The second-order valence-corrected chi connectivity index (χ2v) is 6.40. The highest BCUT2D eigenvalue weighted by Gasteiger charge is 2.20. The molecule has 0 saturated carbocycles. The van der Waals surface area contributed by atoms with E-state index < -0.39 is 0 Å². The van der Waals surface area contributed by atoms with Gasteiger partial charge in [0.1, 0.15) is 11.6 Å². The van der Waals surface area contributed by atoms with Gasteiger partial charge in [-0.2, -0.15) is 0 Å². The second-order valence-electron chi connectivity index (χ2n) is 5.56. The number of thiazole rings is 1. The van der Waals surface area contributed by atoms with E-state index in [0.29, 0.717) is 0 Å². The molecule has 1 fully saturated rings. The maximum absolute atomic E-state index is 13.0. The zero-order chi connectivity index (χ0) is 16.4. The van der Waals surface area contributed by atoms with Crippen molar-refractivity contribution >= 4 is 22.3 Å². The fraction of sp³-hybridized carbons (Fsp3) is 0.235. The van der Waals surface area contributed by atoms with Gasteiger partial charge in [-0.3, -0.25) is 4.98 Å². The molecule has 3 aromatic rings. The molecule has 4 rings (SSSR count). The van der Waals surface area contributed by atoms with Gasteiger partial charge in [0.25, 0.3) is 0 Å². The first kappa shape index (κ1) is 15.0. The smallest absolute Gasteiger partial charge is 0.185 e. The number of aromatic nitrogens is 3. The van der Waals surface area contributed by atoms with Crippen molar-refractivity contribution in [2.45, 2.75) is 0 Å². The number of anilines is 2. The SMILES string of the molecule is Fc1ccc(-c2csc(N3CCN(c4cnccn4)CC3)n2)cc1. The molecule has 24 heavy (non-hydrogen) atoms. The van der Waals surface area contributed by atoms with Crippen molar-refractivity contribution < 1.29 is 4.39 Å². The highest BCUT2D eigenvalue weighted by molar-refractivity contribution is 7.14. The largest absolute Gasteiger partial charge is 0.352 e. The predicted octanol–water partition coefficient (Wildman–Crippen LogP) is 3.07. The molecule has 0 atom stereocenters. The topological polar surface area (TPSA) is 45.2 Å². The first-order chi connectivity index (χ1) is 11.8. The van der Waals surface area contributed by atoms with Gasteiger partial charge in [-0.15, -0.1) is 11.3 Å². The van der Waals surface area contributed by atoms with Gasteiger partial charge in [0, 0.05) is 49.5 Å². The summed E-state index contributed by atoms with van der Waals surface area (Å²) in [7, 11) is 0. The van der Waals surface area contributed by atoms with Crippen molar-refractivity contribution in [3.8, 4) is 11.3 Å². The van der Waals surface area contributed by atoms with Gasteiger partial charge >= 0.3 is 0 Å². The monoisotopic (exact) mass is 341 g/mol. The maximum atomic E-state index is 13.0. The zero-order valence-corrected chi connectivity index (χ0v) is 13.8. The highest BCUT2D eigenvalue weighted by Crippen LogP contribution is 2.28. The van der Waals surface area contributed by atoms with Crippen LogP contribution in [0.3, 0.4) is 0 Å². The van der Waals surface area contributed by atoms with Crippen molar-refractivity contribution in [3.63, 3.8) is 0 Å². The maximum Gasteiger partial charge on any atom is 0.185 e. The minimum atomic E-state index is -0.227. The Balaban J connectivity index is 1.44. The molecule has 0 radical (unpaired) electrons. The Morgan fingerprint density at radius 1 is 0.958 bits per heavy atom. The van der Waals surface area contributed by atoms with E-state index in [1.807, 2.05) is 5.38 Å². The van der Waals surface area contributed by atoms with Crippen LogP contribution in [-0.4, -0.2) is 41.1 Å². The van der Waals surface area contributed by atoms with E-state index >= 15 is 0 Å². The Hall–Kier alpha value is -2.54. The van der Waals surface area contributed by atoms with Crippen molar-refractivity contribution in [1.82, 2.24) is 15.0 Å². The third kappa shape index (κ3) is 3.07. The van der Waals surface area contributed by atoms with Gasteiger partial charge in [-0.1, -0.05) is 0 Å². The normalized spacial score (nSPS) is 14.9. The molecule has 1 aliphatic rings. The molecule has 1 saturated heterocycles. The summed E-state index contributed by atoms with van der Waals surface area (Å²) in [5, 5.41) is 3.03. The standard InChI is InChI=1S/C17H16FN5S/c18-14-3-1-13(2-4-14)15-12-24-17(21-15)23-9-7-22(8-10-23)16-11-19-5-6-20-16/h1-6,11-12H,7-10H2. The van der Waals surface area contributed by atoms with E-state index in [2.05, 4.69) is 19.8 Å². The molecule has 0 spiro atoms. The van der Waals surface area contributed by atoms with Crippen LogP contribution in [0.2, 0.25) is 0 Å². The number of piperazine rings is 1. The van der Waals surface area contributed by atoms with Gasteiger partial charge in [0.15, 0.2) is 5.13 Å². The molecule has 2 aromatic heterocycles. The minimum absolute atomic E-state index is 0.227. The molecule has 1 aliphatic heterocycles. The van der Waals surface area contributed by atoms with Crippen molar-refractivity contribution in [1.29, 1.82) is 0 Å². The lowest BCUT2D eigenvalue weighted by Gasteiger charge is -2.35. The van der Waals surface area contributed by atoms with Crippen LogP contribution < -0.4 is 9.80 Å². The minimum Gasteiger partial charge on any atom is -0.352 e. The fourth-order valence-electron chi connectivity index (χ4n) is 2.74. The van der Waals surface area contributed by atoms with Gasteiger partial charge < -0.3 is 9.80 Å². The highest BCUT2D eigenvalue weighted by atomic mass is 32.1. The summed E-state index contributed by atoms with van der Waals surface area (Å²) in [6.45, 7) is 3.58. The van der Waals surface area contributed by atoms with E-state index in [1.165, 1.54) is 12.1 Å². The third-order valence-corrected chi connectivity index (χ3v) is 4.96. The average molecular weight is 341 g/mol. The summed E-state index contributed by atoms with van der Waals surface area (Å²) >= 11 is 1.63. The van der Waals surface area contributed by atoms with Gasteiger partial charge in [0.2, 0.25) is 0 Å². The second kappa shape index (κ2) is 6.52. The lowest BCUT2D eigenvalue weighted by Crippen LogP contribution is -2.46. The van der Waals surface area contributed by atoms with Crippen LogP contribution in [-0.2, 0) is 0 Å². The van der Waals surface area contributed by atoms with Crippen LogP contribution in [0.1, 0.15) is 0 Å². The molecular formula is C17H16FN5S. The Labute approximate surface area is 143 Å².